The van der Waals surface area contributed by atoms with Gasteiger partial charge in [-0.3, -0.25) is 10.4 Å². The molecule has 1 heterocycles. The molecule has 0 amide bonds. The van der Waals surface area contributed by atoms with Crippen molar-refractivity contribution < 1.29 is 0 Å². The molecule has 0 aliphatic carbocycles. The van der Waals surface area contributed by atoms with Gasteiger partial charge in [-0.2, -0.15) is 5.10 Å². The van der Waals surface area contributed by atoms with Crippen molar-refractivity contribution in [3.63, 3.8) is 0 Å². The molecule has 0 radical (unpaired) electrons. The minimum atomic E-state index is 0.456. The molecule has 0 atom stereocenters. The van der Waals surface area contributed by atoms with Crippen molar-refractivity contribution in [2.45, 2.75) is 13.8 Å². The molecule has 0 saturated heterocycles. The van der Waals surface area contributed by atoms with Gasteiger partial charge in [-0.25, -0.2) is 0 Å². The zero-order chi connectivity index (χ0) is 14.4. The number of nitrogens with zero attached hydrogens (tertiary/aromatic N) is 2. The Labute approximate surface area is 123 Å². The van der Waals surface area contributed by atoms with Gasteiger partial charge in [0.1, 0.15) is 0 Å². The summed E-state index contributed by atoms with van der Waals surface area (Å²) >= 11 is 5.19. The number of thiocarbonyl (C=S) groups is 1. The number of pyridine rings is 1. The molecule has 0 aliphatic rings. The Bertz CT molecular complexity index is 623. The maximum atomic E-state index is 5.19. The van der Waals surface area contributed by atoms with Gasteiger partial charge in [-0.15, -0.1) is 0 Å². The predicted octanol–water partition coefficient (Wildman–Crippen LogP) is 3.02. The summed E-state index contributed by atoms with van der Waals surface area (Å²) in [7, 11) is 0. The lowest BCUT2D eigenvalue weighted by atomic mass is 10.1. The average Bonchev–Trinajstić information content (AvgIpc) is 2.43. The fourth-order valence-electron chi connectivity index (χ4n) is 1.72. The Morgan fingerprint density at radius 2 is 2.15 bits per heavy atom. The number of hydrogen-bond donors (Lipinski definition) is 2. The van der Waals surface area contributed by atoms with Gasteiger partial charge in [-0.1, -0.05) is 23.8 Å². The second kappa shape index (κ2) is 6.77. The van der Waals surface area contributed by atoms with E-state index in [1.165, 1.54) is 5.56 Å². The van der Waals surface area contributed by atoms with Crippen LogP contribution in [0.25, 0.3) is 0 Å². The predicted molar refractivity (Wildman–Crippen MR) is 87.1 cm³/mol. The first-order valence-corrected chi connectivity index (χ1v) is 6.63. The molecule has 20 heavy (non-hydrogen) atoms. The molecule has 2 N–H and O–H groups in total. The van der Waals surface area contributed by atoms with Gasteiger partial charge in [0.15, 0.2) is 5.11 Å². The molecule has 5 heteroatoms. The second-order valence-corrected chi connectivity index (χ2v) is 4.84. The molecule has 2 aromatic rings. The van der Waals surface area contributed by atoms with Crippen molar-refractivity contribution >= 4 is 29.2 Å². The van der Waals surface area contributed by atoms with Gasteiger partial charge >= 0.3 is 0 Å². The average molecular weight is 284 g/mol. The largest absolute Gasteiger partial charge is 0.331 e. The first-order valence-electron chi connectivity index (χ1n) is 6.22. The normalized spacial score (nSPS) is 10.5. The van der Waals surface area contributed by atoms with Crippen LogP contribution in [0, 0.1) is 13.8 Å². The third-order valence-electron chi connectivity index (χ3n) is 2.69. The maximum Gasteiger partial charge on any atom is 0.191 e. The SMILES string of the molecule is Cc1ccc(NC(=S)NN=Cc2cccnc2)c(C)c1. The summed E-state index contributed by atoms with van der Waals surface area (Å²) < 4.78 is 0. The molecule has 1 aromatic heterocycles. The summed E-state index contributed by atoms with van der Waals surface area (Å²) in [6.45, 7) is 4.10. The number of benzene rings is 1. The lowest BCUT2D eigenvalue weighted by Gasteiger charge is -2.10. The quantitative estimate of drug-likeness (QED) is 0.517. The summed E-state index contributed by atoms with van der Waals surface area (Å²) in [5.74, 6) is 0. The molecule has 0 bridgehead atoms. The van der Waals surface area contributed by atoms with Crippen LogP contribution in [0.2, 0.25) is 0 Å². The topological polar surface area (TPSA) is 49.3 Å². The first kappa shape index (κ1) is 14.1. The lowest BCUT2D eigenvalue weighted by Crippen LogP contribution is -2.24. The summed E-state index contributed by atoms with van der Waals surface area (Å²) in [4.78, 5) is 4.00. The summed E-state index contributed by atoms with van der Waals surface area (Å²) in [5, 5.41) is 7.64. The van der Waals surface area contributed by atoms with Crippen LogP contribution >= 0.6 is 12.2 Å². The monoisotopic (exact) mass is 284 g/mol. The van der Waals surface area contributed by atoms with Gasteiger partial charge in [-0.05, 0) is 43.8 Å². The molecule has 0 saturated carbocycles. The van der Waals surface area contributed by atoms with Crippen molar-refractivity contribution in [3.05, 3.63) is 59.4 Å². The molecule has 102 valence electrons. The number of nitrogens with one attached hydrogen (secondary N) is 2. The van der Waals surface area contributed by atoms with Gasteiger partial charge in [0, 0.05) is 23.6 Å². The lowest BCUT2D eigenvalue weighted by molar-refractivity contribution is 1.05. The van der Waals surface area contributed by atoms with Gasteiger partial charge in [0.25, 0.3) is 0 Å². The van der Waals surface area contributed by atoms with E-state index in [1.807, 2.05) is 31.2 Å². The fraction of sp³-hybridized carbons (Fsp3) is 0.133. The Morgan fingerprint density at radius 3 is 2.85 bits per heavy atom. The van der Waals surface area contributed by atoms with Crippen molar-refractivity contribution in [3.8, 4) is 0 Å². The highest BCUT2D eigenvalue weighted by atomic mass is 32.1. The van der Waals surface area contributed by atoms with Crippen molar-refractivity contribution in [2.24, 2.45) is 5.10 Å². The number of aromatic nitrogens is 1. The highest BCUT2D eigenvalue weighted by Gasteiger charge is 2.00. The Hall–Kier alpha value is -2.27. The van der Waals surface area contributed by atoms with Crippen LogP contribution in [0.3, 0.4) is 0 Å². The van der Waals surface area contributed by atoms with E-state index in [4.69, 9.17) is 12.2 Å². The summed E-state index contributed by atoms with van der Waals surface area (Å²) in [5.41, 5.74) is 7.04. The van der Waals surface area contributed by atoms with Crippen LogP contribution in [-0.2, 0) is 0 Å². The smallest absolute Gasteiger partial charge is 0.191 e. The minimum Gasteiger partial charge on any atom is -0.331 e. The van der Waals surface area contributed by atoms with Crippen LogP contribution in [0.1, 0.15) is 16.7 Å². The molecular weight excluding hydrogens is 268 g/mol. The standard InChI is InChI=1S/C15H16N4S/c1-11-5-6-14(12(2)8-11)18-15(20)19-17-10-13-4-3-7-16-9-13/h3-10H,1-2H3,(H2,18,19,20). The summed E-state index contributed by atoms with van der Waals surface area (Å²) in [6, 6.07) is 9.91. The molecule has 0 fully saturated rings. The van der Waals surface area contributed by atoms with E-state index < -0.39 is 0 Å². The highest BCUT2D eigenvalue weighted by Crippen LogP contribution is 2.15. The van der Waals surface area contributed by atoms with E-state index in [2.05, 4.69) is 33.8 Å². The fourth-order valence-corrected chi connectivity index (χ4v) is 1.88. The van der Waals surface area contributed by atoms with Crippen molar-refractivity contribution in [1.82, 2.24) is 10.4 Å². The van der Waals surface area contributed by atoms with Crippen molar-refractivity contribution in [2.75, 3.05) is 5.32 Å². The van der Waals surface area contributed by atoms with Crippen LogP contribution in [0.15, 0.2) is 47.8 Å². The van der Waals surface area contributed by atoms with Crippen LogP contribution in [0.5, 0.6) is 0 Å². The third kappa shape index (κ3) is 4.13. The van der Waals surface area contributed by atoms with Gasteiger partial charge in [0.05, 0.1) is 6.21 Å². The molecule has 0 unspecified atom stereocenters. The van der Waals surface area contributed by atoms with Gasteiger partial charge < -0.3 is 5.32 Å². The van der Waals surface area contributed by atoms with E-state index in [0.717, 1.165) is 16.8 Å². The maximum absolute atomic E-state index is 5.19. The molecule has 1 aromatic carbocycles. The highest BCUT2D eigenvalue weighted by molar-refractivity contribution is 7.80. The van der Waals surface area contributed by atoms with Crippen LogP contribution in [-0.4, -0.2) is 16.3 Å². The van der Waals surface area contributed by atoms with E-state index in [9.17, 15) is 0 Å². The zero-order valence-electron chi connectivity index (χ0n) is 11.4. The molecular formula is C15H16N4S. The Kier molecular flexibility index (Phi) is 4.79. The van der Waals surface area contributed by atoms with Crippen LogP contribution < -0.4 is 10.7 Å². The van der Waals surface area contributed by atoms with Gasteiger partial charge in [0.2, 0.25) is 0 Å². The third-order valence-corrected chi connectivity index (χ3v) is 2.89. The van der Waals surface area contributed by atoms with E-state index in [1.54, 1.807) is 18.6 Å². The van der Waals surface area contributed by atoms with E-state index >= 15 is 0 Å². The summed E-state index contributed by atoms with van der Waals surface area (Å²) in [6.07, 6.45) is 5.12. The molecule has 0 spiro atoms. The first-order chi connectivity index (χ1) is 9.65. The minimum absolute atomic E-state index is 0.456. The number of hydrogen-bond acceptors (Lipinski definition) is 3. The molecule has 0 aliphatic heterocycles. The number of rotatable bonds is 3. The van der Waals surface area contributed by atoms with Crippen LogP contribution in [0.4, 0.5) is 5.69 Å². The number of hydrazone groups is 1. The van der Waals surface area contributed by atoms with E-state index in [0.29, 0.717) is 5.11 Å². The Balaban J connectivity index is 1.91. The van der Waals surface area contributed by atoms with Crippen molar-refractivity contribution in [1.29, 1.82) is 0 Å². The Morgan fingerprint density at radius 1 is 1.30 bits per heavy atom. The van der Waals surface area contributed by atoms with E-state index in [-0.39, 0.29) is 0 Å². The molecule has 2 rings (SSSR count). The molecule has 4 nitrogen and oxygen atoms in total. The number of aryl methyl sites for hydroxylation is 2. The second-order valence-electron chi connectivity index (χ2n) is 4.43. The number of anilines is 1. The zero-order valence-corrected chi connectivity index (χ0v) is 12.2.